The fourth-order valence-electron chi connectivity index (χ4n) is 1.64. The summed E-state index contributed by atoms with van der Waals surface area (Å²) in [6.45, 7) is 6.93. The number of aliphatic hydroxyl groups excluding tert-OH is 1. The summed E-state index contributed by atoms with van der Waals surface area (Å²) >= 11 is 0. The second kappa shape index (κ2) is 6.94. The Labute approximate surface area is 113 Å². The first-order valence-electron chi connectivity index (χ1n) is 6.45. The minimum atomic E-state index is -0.541. The van der Waals surface area contributed by atoms with E-state index >= 15 is 0 Å². The third kappa shape index (κ3) is 3.57. The number of hydrogen-bond acceptors (Lipinski definition) is 5. The molecule has 1 aliphatic heterocycles. The summed E-state index contributed by atoms with van der Waals surface area (Å²) in [5, 5.41) is 9.94. The number of amides is 1. The topological polar surface area (TPSA) is 81.7 Å². The van der Waals surface area contributed by atoms with E-state index in [0.29, 0.717) is 25.2 Å². The third-order valence-electron chi connectivity index (χ3n) is 2.90. The van der Waals surface area contributed by atoms with Crippen LogP contribution in [0.3, 0.4) is 0 Å². The van der Waals surface area contributed by atoms with Gasteiger partial charge in [-0.15, -0.1) is 0 Å². The van der Waals surface area contributed by atoms with Crippen LogP contribution < -0.4 is 10.9 Å². The molecular formula is C13H21N3O3. The maximum atomic E-state index is 12.2. The molecule has 1 aliphatic rings. The van der Waals surface area contributed by atoms with Gasteiger partial charge < -0.3 is 15.4 Å². The summed E-state index contributed by atoms with van der Waals surface area (Å²) in [4.78, 5) is 25.6. The minimum absolute atomic E-state index is 0.0900. The van der Waals surface area contributed by atoms with Gasteiger partial charge in [0.2, 0.25) is 5.78 Å². The van der Waals surface area contributed by atoms with E-state index < -0.39 is 11.5 Å². The van der Waals surface area contributed by atoms with Gasteiger partial charge in [-0.1, -0.05) is 13.0 Å². The van der Waals surface area contributed by atoms with Gasteiger partial charge in [-0.25, -0.2) is 5.43 Å². The number of hydrazine groups is 1. The number of allylic oxidation sites excluding steroid dienone is 1. The van der Waals surface area contributed by atoms with Gasteiger partial charge in [0.25, 0.3) is 5.91 Å². The summed E-state index contributed by atoms with van der Waals surface area (Å²) in [7, 11) is 0. The lowest BCUT2D eigenvalue weighted by Crippen LogP contribution is -2.44. The van der Waals surface area contributed by atoms with Gasteiger partial charge in [0.1, 0.15) is 0 Å². The summed E-state index contributed by atoms with van der Waals surface area (Å²) in [6.07, 6.45) is 2.51. The quantitative estimate of drug-likeness (QED) is 0.503. The largest absolute Gasteiger partial charge is 0.503 e. The van der Waals surface area contributed by atoms with Crippen LogP contribution in [0.2, 0.25) is 0 Å². The van der Waals surface area contributed by atoms with Gasteiger partial charge in [-0.05, 0) is 25.8 Å². The maximum absolute atomic E-state index is 12.2. The highest BCUT2D eigenvalue weighted by atomic mass is 16.3. The Morgan fingerprint density at radius 2 is 2.05 bits per heavy atom. The lowest BCUT2D eigenvalue weighted by molar-refractivity contribution is -0.128. The molecule has 0 aromatic carbocycles. The Kier molecular flexibility index (Phi) is 5.57. The first-order chi connectivity index (χ1) is 9.02. The summed E-state index contributed by atoms with van der Waals surface area (Å²) < 4.78 is 0. The number of hydrogen-bond donors (Lipinski definition) is 3. The number of nitrogens with one attached hydrogen (secondary N) is 2. The molecule has 0 aliphatic carbocycles. The van der Waals surface area contributed by atoms with Crippen LogP contribution in [0.4, 0.5) is 0 Å². The van der Waals surface area contributed by atoms with Crippen LogP contribution in [0.5, 0.6) is 0 Å². The Bertz CT molecular complexity index is 427. The van der Waals surface area contributed by atoms with Crippen molar-refractivity contribution >= 4 is 11.7 Å². The zero-order chi connectivity index (χ0) is 14.4. The normalized spacial score (nSPS) is 23.7. The van der Waals surface area contributed by atoms with Crippen molar-refractivity contribution in [3.8, 4) is 0 Å². The van der Waals surface area contributed by atoms with Crippen LogP contribution >= 0.6 is 0 Å². The molecule has 1 amide bonds. The van der Waals surface area contributed by atoms with Gasteiger partial charge >= 0.3 is 0 Å². The second-order valence-corrected chi connectivity index (χ2v) is 4.34. The van der Waals surface area contributed by atoms with Crippen molar-refractivity contribution in [2.24, 2.45) is 0 Å². The number of rotatable bonds is 5. The SMILES string of the molecule is CCCNN/C1=C(/O)C(=O)/C(C)=C\CN(CC)C1=O. The third-order valence-corrected chi connectivity index (χ3v) is 2.90. The molecule has 0 aromatic heterocycles. The first kappa shape index (κ1) is 15.2. The first-order valence-corrected chi connectivity index (χ1v) is 6.45. The van der Waals surface area contributed by atoms with Crippen molar-refractivity contribution < 1.29 is 14.7 Å². The molecule has 0 fully saturated rings. The van der Waals surface area contributed by atoms with Gasteiger partial charge in [-0.2, -0.15) is 0 Å². The highest BCUT2D eigenvalue weighted by Crippen LogP contribution is 2.13. The minimum Gasteiger partial charge on any atom is -0.503 e. The lowest BCUT2D eigenvalue weighted by atomic mass is 10.1. The van der Waals surface area contributed by atoms with E-state index in [4.69, 9.17) is 0 Å². The van der Waals surface area contributed by atoms with Gasteiger partial charge in [0.15, 0.2) is 11.5 Å². The molecule has 0 radical (unpaired) electrons. The Balaban J connectivity index is 3.07. The highest BCUT2D eigenvalue weighted by molar-refractivity contribution is 6.11. The Morgan fingerprint density at radius 3 is 2.63 bits per heavy atom. The second-order valence-electron chi connectivity index (χ2n) is 4.34. The van der Waals surface area contributed by atoms with Gasteiger partial charge in [0, 0.05) is 19.6 Å². The lowest BCUT2D eigenvalue weighted by Gasteiger charge is -2.24. The van der Waals surface area contributed by atoms with Crippen LogP contribution in [0.15, 0.2) is 23.1 Å². The highest BCUT2D eigenvalue weighted by Gasteiger charge is 2.27. The van der Waals surface area contributed by atoms with Crippen molar-refractivity contribution in [1.29, 1.82) is 0 Å². The van der Waals surface area contributed by atoms with Crippen molar-refractivity contribution in [3.05, 3.63) is 23.1 Å². The van der Waals surface area contributed by atoms with Crippen LogP contribution in [-0.2, 0) is 9.59 Å². The zero-order valence-electron chi connectivity index (χ0n) is 11.6. The number of likely N-dealkylation sites (N-methyl/N-ethyl adjacent to an activating group) is 1. The molecule has 19 heavy (non-hydrogen) atoms. The summed E-state index contributed by atoms with van der Waals surface area (Å²) in [6, 6.07) is 0. The van der Waals surface area contributed by atoms with Crippen LogP contribution in [0.1, 0.15) is 27.2 Å². The van der Waals surface area contributed by atoms with E-state index in [1.54, 1.807) is 17.9 Å². The number of Topliss-reactive ketones (excluding diaryl/α,β-unsaturated/α-hetero) is 1. The Morgan fingerprint density at radius 1 is 1.37 bits per heavy atom. The number of carbonyl (C=O) groups is 2. The van der Waals surface area contributed by atoms with E-state index in [1.165, 1.54) is 0 Å². The summed E-state index contributed by atoms with van der Waals surface area (Å²) in [5.74, 6) is -1.45. The van der Waals surface area contributed by atoms with Crippen LogP contribution in [-0.4, -0.2) is 41.3 Å². The van der Waals surface area contributed by atoms with Crippen molar-refractivity contribution in [3.63, 3.8) is 0 Å². The molecule has 6 heteroatoms. The monoisotopic (exact) mass is 267 g/mol. The fraction of sp³-hybridized carbons (Fsp3) is 0.538. The van der Waals surface area contributed by atoms with Crippen LogP contribution in [0, 0.1) is 0 Å². The van der Waals surface area contributed by atoms with E-state index in [9.17, 15) is 14.7 Å². The molecule has 0 saturated carbocycles. The molecule has 3 N–H and O–H groups in total. The fourth-order valence-corrected chi connectivity index (χ4v) is 1.64. The molecule has 1 rings (SSSR count). The van der Waals surface area contributed by atoms with Crippen LogP contribution in [0.25, 0.3) is 0 Å². The van der Waals surface area contributed by atoms with Crippen molar-refractivity contribution in [2.75, 3.05) is 19.6 Å². The predicted molar refractivity (Wildman–Crippen MR) is 72.1 cm³/mol. The Hall–Kier alpha value is -1.82. The molecule has 0 unspecified atom stereocenters. The van der Waals surface area contributed by atoms with Gasteiger partial charge in [0.05, 0.1) is 0 Å². The molecular weight excluding hydrogens is 246 g/mol. The number of nitrogens with zero attached hydrogens (tertiary/aromatic N) is 1. The molecule has 0 aromatic rings. The van der Waals surface area contributed by atoms with E-state index in [-0.39, 0.29) is 11.6 Å². The zero-order valence-corrected chi connectivity index (χ0v) is 11.6. The summed E-state index contributed by atoms with van der Waals surface area (Å²) in [5.41, 5.74) is 5.79. The molecule has 1 heterocycles. The number of aliphatic hydroxyl groups is 1. The molecule has 0 saturated heterocycles. The number of carbonyl (C=O) groups excluding carboxylic acids is 2. The smallest absolute Gasteiger partial charge is 0.275 e. The molecule has 0 spiro atoms. The van der Waals surface area contributed by atoms with E-state index in [0.717, 1.165) is 6.42 Å². The average molecular weight is 267 g/mol. The van der Waals surface area contributed by atoms with E-state index in [2.05, 4.69) is 10.9 Å². The number of ketones is 1. The van der Waals surface area contributed by atoms with Crippen molar-refractivity contribution in [1.82, 2.24) is 15.8 Å². The molecule has 0 atom stereocenters. The molecule has 0 bridgehead atoms. The average Bonchev–Trinajstić information content (AvgIpc) is 2.41. The van der Waals surface area contributed by atoms with Crippen molar-refractivity contribution in [2.45, 2.75) is 27.2 Å². The molecule has 106 valence electrons. The molecule has 6 nitrogen and oxygen atoms in total. The maximum Gasteiger partial charge on any atom is 0.275 e. The van der Waals surface area contributed by atoms with Gasteiger partial charge in [-0.3, -0.25) is 9.59 Å². The van der Waals surface area contributed by atoms with E-state index in [1.807, 2.05) is 13.8 Å². The standard InChI is InChI=1S/C13H21N3O3/c1-4-7-14-15-10-12(18)11(17)9(3)6-8-16(5-2)13(10)19/h6,14-15,18H,4-5,7-8H2,1-3H3/b9-6-,12-10+. The predicted octanol–water partition coefficient (Wildman–Crippen LogP) is 0.638.